The van der Waals surface area contributed by atoms with Gasteiger partial charge in [0.25, 0.3) is 0 Å². The summed E-state index contributed by atoms with van der Waals surface area (Å²) in [5.41, 5.74) is 3.85. The minimum atomic E-state index is -0.0929. The van der Waals surface area contributed by atoms with E-state index in [0.717, 1.165) is 43.0 Å². The Morgan fingerprint density at radius 1 is 1.08 bits per heavy atom. The topological polar surface area (TPSA) is 35.6 Å². The molecular formula is C20H23Cl2N3O. The molecule has 1 N–H and O–H groups in total. The molecule has 0 unspecified atom stereocenters. The van der Waals surface area contributed by atoms with E-state index in [1.807, 2.05) is 13.0 Å². The quantitative estimate of drug-likeness (QED) is 0.846. The molecule has 0 aromatic heterocycles. The molecule has 1 aliphatic heterocycles. The van der Waals surface area contributed by atoms with E-state index in [4.69, 9.17) is 23.2 Å². The Hall–Kier alpha value is -1.75. The number of amides is 1. The molecule has 1 aliphatic rings. The highest BCUT2D eigenvalue weighted by Crippen LogP contribution is 2.25. The summed E-state index contributed by atoms with van der Waals surface area (Å²) in [6.07, 6.45) is 0.218. The van der Waals surface area contributed by atoms with Gasteiger partial charge in [-0.25, -0.2) is 0 Å². The average Bonchev–Trinajstić information content (AvgIpc) is 2.60. The predicted molar refractivity (Wildman–Crippen MR) is 110 cm³/mol. The summed E-state index contributed by atoms with van der Waals surface area (Å²) in [5, 5.41) is 4.05. The van der Waals surface area contributed by atoms with Gasteiger partial charge in [0.15, 0.2) is 0 Å². The lowest BCUT2D eigenvalue weighted by atomic mass is 10.1. The third kappa shape index (κ3) is 4.70. The first-order valence-corrected chi connectivity index (χ1v) is 9.46. The monoisotopic (exact) mass is 391 g/mol. The molecule has 4 nitrogen and oxygen atoms in total. The van der Waals surface area contributed by atoms with Gasteiger partial charge in [0.1, 0.15) is 0 Å². The SMILES string of the molecule is Cc1cc(N2CCN(C)CC2)ccc1NC(=O)Cc1ccc(Cl)cc1Cl. The average molecular weight is 392 g/mol. The second-order valence-corrected chi connectivity index (χ2v) is 7.59. The Balaban J connectivity index is 1.65. The zero-order chi connectivity index (χ0) is 18.7. The third-order valence-corrected chi connectivity index (χ3v) is 5.31. The van der Waals surface area contributed by atoms with E-state index in [9.17, 15) is 4.79 Å². The molecule has 26 heavy (non-hydrogen) atoms. The maximum atomic E-state index is 12.4. The van der Waals surface area contributed by atoms with Crippen LogP contribution in [0.4, 0.5) is 11.4 Å². The number of benzene rings is 2. The molecular weight excluding hydrogens is 369 g/mol. The molecule has 1 fully saturated rings. The van der Waals surface area contributed by atoms with Crippen LogP contribution in [-0.2, 0) is 11.2 Å². The summed E-state index contributed by atoms with van der Waals surface area (Å²) >= 11 is 12.1. The van der Waals surface area contributed by atoms with Crippen molar-refractivity contribution in [1.82, 2.24) is 4.90 Å². The Bertz CT molecular complexity index is 802. The highest BCUT2D eigenvalue weighted by atomic mass is 35.5. The lowest BCUT2D eigenvalue weighted by Gasteiger charge is -2.34. The van der Waals surface area contributed by atoms with Crippen LogP contribution in [0.1, 0.15) is 11.1 Å². The summed E-state index contributed by atoms with van der Waals surface area (Å²) in [6.45, 7) is 6.21. The smallest absolute Gasteiger partial charge is 0.228 e. The number of hydrogen-bond donors (Lipinski definition) is 1. The number of nitrogens with one attached hydrogen (secondary N) is 1. The van der Waals surface area contributed by atoms with Crippen LogP contribution in [0.3, 0.4) is 0 Å². The molecule has 0 radical (unpaired) electrons. The molecule has 0 aliphatic carbocycles. The van der Waals surface area contributed by atoms with Crippen molar-refractivity contribution in [1.29, 1.82) is 0 Å². The number of piperazine rings is 1. The summed E-state index contributed by atoms with van der Waals surface area (Å²) in [6, 6.07) is 11.4. The van der Waals surface area contributed by atoms with Crippen molar-refractivity contribution in [2.24, 2.45) is 0 Å². The van der Waals surface area contributed by atoms with Crippen molar-refractivity contribution >= 4 is 40.5 Å². The molecule has 1 saturated heterocycles. The number of aryl methyl sites for hydroxylation is 1. The lowest BCUT2D eigenvalue weighted by Crippen LogP contribution is -2.44. The molecule has 2 aromatic carbocycles. The third-order valence-electron chi connectivity index (χ3n) is 4.72. The first kappa shape index (κ1) is 19.0. The predicted octanol–water partition coefficient (Wildman–Crippen LogP) is 4.23. The minimum Gasteiger partial charge on any atom is -0.369 e. The maximum absolute atomic E-state index is 12.4. The van der Waals surface area contributed by atoms with Crippen molar-refractivity contribution < 1.29 is 4.79 Å². The minimum absolute atomic E-state index is 0.0929. The van der Waals surface area contributed by atoms with Gasteiger partial charge in [0, 0.05) is 47.6 Å². The van der Waals surface area contributed by atoms with E-state index in [1.54, 1.807) is 18.2 Å². The number of carbonyl (C=O) groups is 1. The molecule has 1 heterocycles. The van der Waals surface area contributed by atoms with Crippen LogP contribution in [-0.4, -0.2) is 44.0 Å². The molecule has 0 saturated carbocycles. The molecule has 6 heteroatoms. The Morgan fingerprint density at radius 2 is 1.81 bits per heavy atom. The van der Waals surface area contributed by atoms with Crippen LogP contribution >= 0.6 is 23.2 Å². The van der Waals surface area contributed by atoms with Gasteiger partial charge < -0.3 is 15.1 Å². The van der Waals surface area contributed by atoms with Crippen LogP contribution in [0.5, 0.6) is 0 Å². The van der Waals surface area contributed by atoms with Crippen LogP contribution in [0, 0.1) is 6.92 Å². The molecule has 0 atom stereocenters. The second-order valence-electron chi connectivity index (χ2n) is 6.75. The van der Waals surface area contributed by atoms with E-state index < -0.39 is 0 Å². The van der Waals surface area contributed by atoms with Gasteiger partial charge in [-0.1, -0.05) is 29.3 Å². The van der Waals surface area contributed by atoms with Crippen LogP contribution < -0.4 is 10.2 Å². The maximum Gasteiger partial charge on any atom is 0.228 e. The normalized spacial score (nSPS) is 15.2. The fourth-order valence-corrected chi connectivity index (χ4v) is 3.56. The van der Waals surface area contributed by atoms with Gasteiger partial charge in [-0.05, 0) is 55.4 Å². The Kier molecular flexibility index (Phi) is 6.07. The van der Waals surface area contributed by atoms with Gasteiger partial charge >= 0.3 is 0 Å². The Morgan fingerprint density at radius 3 is 2.46 bits per heavy atom. The van der Waals surface area contributed by atoms with Crippen LogP contribution in [0.15, 0.2) is 36.4 Å². The number of rotatable bonds is 4. The summed E-state index contributed by atoms with van der Waals surface area (Å²) in [5.74, 6) is -0.0929. The van der Waals surface area contributed by atoms with Crippen molar-refractivity contribution in [3.8, 4) is 0 Å². The molecule has 3 rings (SSSR count). The van der Waals surface area contributed by atoms with Gasteiger partial charge in [-0.3, -0.25) is 4.79 Å². The van der Waals surface area contributed by atoms with Gasteiger partial charge in [0.05, 0.1) is 6.42 Å². The fraction of sp³-hybridized carbons (Fsp3) is 0.350. The fourth-order valence-electron chi connectivity index (χ4n) is 3.08. The van der Waals surface area contributed by atoms with Crippen molar-refractivity contribution in [3.63, 3.8) is 0 Å². The van der Waals surface area contributed by atoms with Crippen molar-refractivity contribution in [3.05, 3.63) is 57.6 Å². The van der Waals surface area contributed by atoms with Crippen molar-refractivity contribution in [2.75, 3.05) is 43.4 Å². The number of anilines is 2. The van der Waals surface area contributed by atoms with Crippen LogP contribution in [0.2, 0.25) is 10.0 Å². The molecule has 2 aromatic rings. The van der Waals surface area contributed by atoms with E-state index >= 15 is 0 Å². The molecule has 1 amide bonds. The summed E-state index contributed by atoms with van der Waals surface area (Å²) in [4.78, 5) is 17.1. The van der Waals surface area contributed by atoms with Gasteiger partial charge in [-0.15, -0.1) is 0 Å². The molecule has 0 spiro atoms. The number of likely N-dealkylation sites (N-methyl/N-ethyl adjacent to an activating group) is 1. The van der Waals surface area contributed by atoms with Crippen LogP contribution in [0.25, 0.3) is 0 Å². The largest absolute Gasteiger partial charge is 0.369 e. The highest BCUT2D eigenvalue weighted by Gasteiger charge is 2.15. The van der Waals surface area contributed by atoms with E-state index in [1.165, 1.54) is 5.69 Å². The number of carbonyl (C=O) groups excluding carboxylic acids is 1. The summed E-state index contributed by atoms with van der Waals surface area (Å²) in [7, 11) is 2.15. The highest BCUT2D eigenvalue weighted by molar-refractivity contribution is 6.35. The second kappa shape index (κ2) is 8.30. The standard InChI is InChI=1S/C20H23Cl2N3O/c1-14-11-17(25-9-7-24(2)8-10-25)5-6-19(14)23-20(26)12-15-3-4-16(21)13-18(15)22/h3-6,11,13H,7-10,12H2,1-2H3,(H,23,26). The molecule has 0 bridgehead atoms. The lowest BCUT2D eigenvalue weighted by molar-refractivity contribution is -0.115. The van der Waals surface area contributed by atoms with E-state index in [0.29, 0.717) is 10.0 Å². The first-order valence-electron chi connectivity index (χ1n) is 8.70. The zero-order valence-corrected chi connectivity index (χ0v) is 16.6. The van der Waals surface area contributed by atoms with Gasteiger partial charge in [0.2, 0.25) is 5.91 Å². The van der Waals surface area contributed by atoms with Gasteiger partial charge in [-0.2, -0.15) is 0 Å². The summed E-state index contributed by atoms with van der Waals surface area (Å²) < 4.78 is 0. The molecule has 138 valence electrons. The van der Waals surface area contributed by atoms with Crippen molar-refractivity contribution in [2.45, 2.75) is 13.3 Å². The zero-order valence-electron chi connectivity index (χ0n) is 15.1. The van der Waals surface area contributed by atoms with E-state index in [2.05, 4.69) is 34.3 Å². The first-order chi connectivity index (χ1) is 12.4. The van der Waals surface area contributed by atoms with E-state index in [-0.39, 0.29) is 12.3 Å². The number of nitrogens with zero attached hydrogens (tertiary/aromatic N) is 2. The number of halogens is 2. The number of hydrogen-bond acceptors (Lipinski definition) is 3. The Labute approximate surface area is 164 Å².